The van der Waals surface area contributed by atoms with E-state index in [1.54, 1.807) is 7.11 Å². The average Bonchev–Trinajstić information content (AvgIpc) is 2.73. The van der Waals surface area contributed by atoms with Crippen LogP contribution in [0.5, 0.6) is 11.5 Å². The fraction of sp³-hybridized carbons (Fsp3) is 0.409. The van der Waals surface area contributed by atoms with Gasteiger partial charge in [0.25, 0.3) is 0 Å². The van der Waals surface area contributed by atoms with Crippen molar-refractivity contribution < 1.29 is 19.2 Å². The molecule has 0 aliphatic carbocycles. The van der Waals surface area contributed by atoms with E-state index in [9.17, 15) is 4.79 Å². The highest BCUT2D eigenvalue weighted by atomic mass is 35.5. The summed E-state index contributed by atoms with van der Waals surface area (Å²) in [6, 6.07) is 13.1. The summed E-state index contributed by atoms with van der Waals surface area (Å²) in [4.78, 5) is 16.3. The van der Waals surface area contributed by atoms with Gasteiger partial charge in [-0.05, 0) is 48.9 Å². The summed E-state index contributed by atoms with van der Waals surface area (Å²) >= 11 is 6.18. The lowest BCUT2D eigenvalue weighted by Crippen LogP contribution is -3.12. The van der Waals surface area contributed by atoms with Crippen LogP contribution in [-0.4, -0.2) is 52.9 Å². The molecular formula is C22H29ClN3O3+. The Morgan fingerprint density at radius 2 is 1.83 bits per heavy atom. The molecule has 2 N–H and O–H groups in total. The maximum absolute atomic E-state index is 12.5. The van der Waals surface area contributed by atoms with E-state index < -0.39 is 0 Å². The van der Waals surface area contributed by atoms with Crippen molar-refractivity contribution >= 4 is 28.9 Å². The molecule has 0 radical (unpaired) electrons. The first kappa shape index (κ1) is 21.3. The van der Waals surface area contributed by atoms with E-state index in [-0.39, 0.29) is 5.91 Å². The number of carbonyl (C=O) groups is 1. The number of ether oxygens (including phenoxy) is 2. The zero-order valence-corrected chi connectivity index (χ0v) is 17.8. The van der Waals surface area contributed by atoms with Gasteiger partial charge in [0, 0.05) is 11.4 Å². The number of rotatable bonds is 8. The topological polar surface area (TPSA) is 55.2 Å². The highest BCUT2D eigenvalue weighted by Crippen LogP contribution is 2.29. The molecule has 1 saturated heterocycles. The summed E-state index contributed by atoms with van der Waals surface area (Å²) in [6.45, 7) is 4.57. The second kappa shape index (κ2) is 10.4. The van der Waals surface area contributed by atoms with Crippen molar-refractivity contribution in [2.75, 3.05) is 57.2 Å². The minimum atomic E-state index is -0.0356. The number of hydrogen-bond donors (Lipinski definition) is 2. The third-order valence-electron chi connectivity index (χ3n) is 5.07. The Kier molecular flexibility index (Phi) is 7.61. The van der Waals surface area contributed by atoms with Crippen LogP contribution in [0.4, 0.5) is 11.4 Å². The molecule has 0 spiro atoms. The van der Waals surface area contributed by atoms with Crippen LogP contribution in [0.1, 0.15) is 12.8 Å². The fourth-order valence-electron chi connectivity index (χ4n) is 3.32. The number of amides is 1. The molecule has 6 nitrogen and oxygen atoms in total. The number of hydrogen-bond acceptors (Lipinski definition) is 4. The first-order valence-corrected chi connectivity index (χ1v) is 10.4. The SMILES string of the molecule is COc1ccc(OCCCC(=O)Nc2cc(Cl)ccc2N2CC[NH+](C)CC2)cc1. The molecule has 1 fully saturated rings. The molecule has 0 unspecified atom stereocenters. The molecule has 7 heteroatoms. The summed E-state index contributed by atoms with van der Waals surface area (Å²) < 4.78 is 10.8. The van der Waals surface area contributed by atoms with Gasteiger partial charge in [-0.25, -0.2) is 0 Å². The van der Waals surface area contributed by atoms with Gasteiger partial charge in [-0.15, -0.1) is 0 Å². The third-order valence-corrected chi connectivity index (χ3v) is 5.30. The van der Waals surface area contributed by atoms with Crippen LogP contribution in [0.25, 0.3) is 0 Å². The van der Waals surface area contributed by atoms with Crippen molar-refractivity contribution in [2.24, 2.45) is 0 Å². The van der Waals surface area contributed by atoms with Crippen molar-refractivity contribution in [1.29, 1.82) is 0 Å². The summed E-state index contributed by atoms with van der Waals surface area (Å²) in [7, 11) is 3.83. The molecule has 0 aromatic heterocycles. The van der Waals surface area contributed by atoms with Gasteiger partial charge in [-0.1, -0.05) is 11.6 Å². The second-order valence-corrected chi connectivity index (χ2v) is 7.72. The molecule has 0 bridgehead atoms. The monoisotopic (exact) mass is 418 g/mol. The number of likely N-dealkylation sites (N-methyl/N-ethyl adjacent to an activating group) is 1. The molecule has 156 valence electrons. The van der Waals surface area contributed by atoms with Crippen molar-refractivity contribution in [1.82, 2.24) is 0 Å². The Balaban J connectivity index is 1.50. The van der Waals surface area contributed by atoms with Gasteiger partial charge >= 0.3 is 0 Å². The van der Waals surface area contributed by atoms with Gasteiger partial charge in [0.1, 0.15) is 11.5 Å². The first-order valence-electron chi connectivity index (χ1n) is 9.97. The van der Waals surface area contributed by atoms with E-state index >= 15 is 0 Å². The molecule has 2 aromatic rings. The molecule has 1 aliphatic rings. The lowest BCUT2D eigenvalue weighted by Gasteiger charge is -2.33. The summed E-state index contributed by atoms with van der Waals surface area (Å²) in [5.41, 5.74) is 1.81. The molecule has 2 aromatic carbocycles. The minimum Gasteiger partial charge on any atom is -0.497 e. The predicted octanol–water partition coefficient (Wildman–Crippen LogP) is 2.48. The number of carbonyl (C=O) groups excluding carboxylic acids is 1. The smallest absolute Gasteiger partial charge is 0.224 e. The molecule has 1 amide bonds. The van der Waals surface area contributed by atoms with Crippen molar-refractivity contribution in [3.05, 3.63) is 47.5 Å². The van der Waals surface area contributed by atoms with Crippen LogP contribution in [0.2, 0.25) is 5.02 Å². The maximum Gasteiger partial charge on any atom is 0.224 e. The largest absolute Gasteiger partial charge is 0.497 e. The maximum atomic E-state index is 12.5. The van der Waals surface area contributed by atoms with E-state index in [0.717, 1.165) is 49.1 Å². The number of quaternary nitrogens is 1. The van der Waals surface area contributed by atoms with Gasteiger partial charge in [0.2, 0.25) is 5.91 Å². The Labute approximate surface area is 177 Å². The van der Waals surface area contributed by atoms with E-state index in [1.807, 2.05) is 42.5 Å². The second-order valence-electron chi connectivity index (χ2n) is 7.28. The average molecular weight is 419 g/mol. The molecule has 0 atom stereocenters. The van der Waals surface area contributed by atoms with Crippen LogP contribution >= 0.6 is 11.6 Å². The number of methoxy groups -OCH3 is 1. The van der Waals surface area contributed by atoms with Crippen LogP contribution in [-0.2, 0) is 4.79 Å². The molecule has 1 aliphatic heterocycles. The molecule has 1 heterocycles. The van der Waals surface area contributed by atoms with Crippen molar-refractivity contribution in [3.63, 3.8) is 0 Å². The van der Waals surface area contributed by atoms with E-state index in [0.29, 0.717) is 24.5 Å². The number of nitrogens with zero attached hydrogens (tertiary/aromatic N) is 1. The molecule has 3 rings (SSSR count). The Bertz CT molecular complexity index is 805. The zero-order chi connectivity index (χ0) is 20.6. The van der Waals surface area contributed by atoms with Gasteiger partial charge in [0.15, 0.2) is 0 Å². The standard InChI is InChI=1S/C22H28ClN3O3/c1-25-11-13-26(14-12-25)21-10-5-17(23)16-20(21)24-22(27)4-3-15-29-19-8-6-18(28-2)7-9-19/h5-10,16H,3-4,11-15H2,1-2H3,(H,24,27)/p+1. The van der Waals surface area contributed by atoms with Crippen molar-refractivity contribution in [2.45, 2.75) is 12.8 Å². The Morgan fingerprint density at radius 1 is 1.14 bits per heavy atom. The predicted molar refractivity (Wildman–Crippen MR) is 117 cm³/mol. The minimum absolute atomic E-state index is 0.0356. The van der Waals surface area contributed by atoms with Crippen LogP contribution in [0.3, 0.4) is 0 Å². The molecular weight excluding hydrogens is 390 g/mol. The quantitative estimate of drug-likeness (QED) is 0.647. The molecule has 0 saturated carbocycles. The highest BCUT2D eigenvalue weighted by molar-refractivity contribution is 6.31. The highest BCUT2D eigenvalue weighted by Gasteiger charge is 2.20. The normalized spacial score (nSPS) is 14.5. The summed E-state index contributed by atoms with van der Waals surface area (Å²) in [5, 5.41) is 3.65. The Morgan fingerprint density at radius 3 is 2.52 bits per heavy atom. The molecule has 29 heavy (non-hydrogen) atoms. The number of piperazine rings is 1. The van der Waals surface area contributed by atoms with Gasteiger partial charge in [0.05, 0.1) is 58.3 Å². The number of benzene rings is 2. The van der Waals surface area contributed by atoms with Crippen LogP contribution in [0, 0.1) is 0 Å². The zero-order valence-electron chi connectivity index (χ0n) is 17.0. The number of halogens is 1. The third kappa shape index (κ3) is 6.27. The summed E-state index contributed by atoms with van der Waals surface area (Å²) in [5.74, 6) is 1.52. The lowest BCUT2D eigenvalue weighted by molar-refractivity contribution is -0.880. The van der Waals surface area contributed by atoms with E-state index in [4.69, 9.17) is 21.1 Å². The van der Waals surface area contributed by atoms with Gasteiger partial charge in [-0.3, -0.25) is 4.79 Å². The number of anilines is 2. The summed E-state index contributed by atoms with van der Waals surface area (Å²) in [6.07, 6.45) is 1.01. The van der Waals surface area contributed by atoms with Crippen molar-refractivity contribution in [3.8, 4) is 11.5 Å². The van der Waals surface area contributed by atoms with Gasteiger partial charge < -0.3 is 24.6 Å². The Hall–Kier alpha value is -2.44. The van der Waals surface area contributed by atoms with E-state index in [1.165, 1.54) is 4.90 Å². The first-order chi connectivity index (χ1) is 14.0. The van der Waals surface area contributed by atoms with Crippen LogP contribution < -0.4 is 24.6 Å². The van der Waals surface area contributed by atoms with Gasteiger partial charge in [-0.2, -0.15) is 0 Å². The van der Waals surface area contributed by atoms with E-state index in [2.05, 4.69) is 17.3 Å². The fourth-order valence-corrected chi connectivity index (χ4v) is 3.49. The van der Waals surface area contributed by atoms with Crippen LogP contribution in [0.15, 0.2) is 42.5 Å². The number of nitrogens with one attached hydrogen (secondary N) is 2. The lowest BCUT2D eigenvalue weighted by atomic mass is 10.2.